The van der Waals surface area contributed by atoms with Gasteiger partial charge in [0.1, 0.15) is 23.9 Å². The average molecular weight is 385 g/mol. The molecule has 0 bridgehead atoms. The van der Waals surface area contributed by atoms with Crippen LogP contribution in [0.3, 0.4) is 0 Å². The molecule has 0 aromatic heterocycles. The zero-order valence-corrected chi connectivity index (χ0v) is 14.9. The highest BCUT2D eigenvalue weighted by molar-refractivity contribution is 7.89. The molecule has 0 saturated heterocycles. The van der Waals surface area contributed by atoms with Crippen LogP contribution in [0.15, 0.2) is 23.1 Å². The maximum Gasteiger partial charge on any atom is 0.315 e. The smallest absolute Gasteiger partial charge is 0.315 e. The van der Waals surface area contributed by atoms with Crippen molar-refractivity contribution >= 4 is 45.8 Å². The minimum Gasteiger partial charge on any atom is -0.469 e. The molecule has 1 unspecified atom stereocenters. The summed E-state index contributed by atoms with van der Waals surface area (Å²) < 4.78 is 27.9. The lowest BCUT2D eigenvalue weighted by Gasteiger charge is -2.18. The van der Waals surface area contributed by atoms with Crippen LogP contribution in [0.5, 0.6) is 0 Å². The van der Waals surface area contributed by atoms with Crippen LogP contribution >= 0.6 is 0 Å². The third-order valence-electron chi connectivity index (χ3n) is 3.36. The van der Waals surface area contributed by atoms with E-state index in [1.54, 1.807) is 0 Å². The van der Waals surface area contributed by atoms with E-state index >= 15 is 0 Å². The normalized spacial score (nSPS) is 13.2. The fourth-order valence-electron chi connectivity index (χ4n) is 1.91. The third kappa shape index (κ3) is 5.93. The second-order valence-corrected chi connectivity index (χ2v) is 6.89. The van der Waals surface area contributed by atoms with Crippen molar-refractivity contribution in [2.45, 2.75) is 24.3 Å². The van der Waals surface area contributed by atoms with Crippen LogP contribution in [-0.4, -0.2) is 46.0 Å². The van der Waals surface area contributed by atoms with Gasteiger partial charge < -0.3 is 25.0 Å². The van der Waals surface area contributed by atoms with Crippen molar-refractivity contribution in [2.75, 3.05) is 17.7 Å². The van der Waals surface area contributed by atoms with Gasteiger partial charge in [0.15, 0.2) is 0 Å². The first-order valence-electron chi connectivity index (χ1n) is 7.33. The quantitative estimate of drug-likeness (QED) is 0.295. The van der Waals surface area contributed by atoms with Gasteiger partial charge in [-0.2, -0.15) is 0 Å². The van der Waals surface area contributed by atoms with Gasteiger partial charge in [0, 0.05) is 11.6 Å². The number of amides is 1. The number of carbonyl (C=O) groups excluding carboxylic acids is 4. The number of methoxy groups -OCH3 is 1. The Morgan fingerprint density at radius 1 is 1.27 bits per heavy atom. The fourth-order valence-corrected chi connectivity index (χ4v) is 2.63. The summed E-state index contributed by atoms with van der Waals surface area (Å²) in [5.74, 6) is -2.23. The maximum absolute atomic E-state index is 11.8. The molecule has 1 aromatic rings. The number of nitrogens with one attached hydrogen (secondary N) is 2. The van der Waals surface area contributed by atoms with Crippen molar-refractivity contribution in [3.05, 3.63) is 18.2 Å². The van der Waals surface area contributed by atoms with E-state index in [2.05, 4.69) is 15.4 Å². The molecule has 0 heterocycles. The van der Waals surface area contributed by atoms with Gasteiger partial charge in [-0.25, -0.2) is 13.6 Å². The van der Waals surface area contributed by atoms with Gasteiger partial charge in [-0.1, -0.05) is 6.92 Å². The second kappa shape index (κ2) is 9.06. The molecule has 2 atom stereocenters. The van der Waals surface area contributed by atoms with Gasteiger partial charge in [-0.3, -0.25) is 9.59 Å². The number of nitrogens with two attached hydrogens (primary N) is 1. The van der Waals surface area contributed by atoms with Crippen LogP contribution in [0.25, 0.3) is 0 Å². The molecule has 0 aliphatic carbocycles. The first kappa shape index (κ1) is 21.3. The van der Waals surface area contributed by atoms with Crippen molar-refractivity contribution < 1.29 is 32.3 Å². The molecular formula is C15H19N3O7S. The number of benzene rings is 1. The monoisotopic (exact) mass is 385 g/mol. The van der Waals surface area contributed by atoms with Crippen LogP contribution in [0, 0.1) is 5.92 Å². The summed E-state index contributed by atoms with van der Waals surface area (Å²) in [6, 6.07) is 2.86. The van der Waals surface area contributed by atoms with Crippen LogP contribution < -0.4 is 15.8 Å². The fraction of sp³-hybridized carbons (Fsp3) is 0.333. The third-order valence-corrected chi connectivity index (χ3v) is 4.31. The number of primary sulfonamides is 1. The standard InChI is InChI=1S/C15H19N3O7S/c1-9(7-19)12(8-20)17-10-3-4-11(13(5-10)26(16,23)24)18-14(21)6-15(22)25-2/h3-5,7-9,12,17H,6H2,1-2H3,(H,18,21)(H2,16,23,24)/t9?,12-/m0/s1. The topological polar surface area (TPSA) is 162 Å². The summed E-state index contributed by atoms with van der Waals surface area (Å²) in [4.78, 5) is 44.3. The molecule has 1 amide bonds. The molecule has 10 nitrogen and oxygen atoms in total. The molecule has 26 heavy (non-hydrogen) atoms. The first-order valence-corrected chi connectivity index (χ1v) is 8.87. The zero-order chi connectivity index (χ0) is 19.9. The van der Waals surface area contributed by atoms with Crippen molar-refractivity contribution in [1.29, 1.82) is 0 Å². The molecule has 0 fully saturated rings. The maximum atomic E-state index is 11.8. The number of sulfonamides is 1. The Bertz CT molecular complexity index is 807. The molecule has 4 N–H and O–H groups in total. The van der Waals surface area contributed by atoms with Crippen molar-refractivity contribution in [3.63, 3.8) is 0 Å². The highest BCUT2D eigenvalue weighted by atomic mass is 32.2. The van der Waals surface area contributed by atoms with Crippen molar-refractivity contribution in [2.24, 2.45) is 11.1 Å². The predicted octanol–water partition coefficient (Wildman–Crippen LogP) is -0.350. The molecule has 0 aliphatic rings. The molecular weight excluding hydrogens is 366 g/mol. The Balaban J connectivity index is 3.15. The summed E-state index contributed by atoms with van der Waals surface area (Å²) >= 11 is 0. The summed E-state index contributed by atoms with van der Waals surface area (Å²) in [6.07, 6.45) is 0.487. The van der Waals surface area contributed by atoms with E-state index in [4.69, 9.17) is 5.14 Å². The molecule has 1 rings (SSSR count). The lowest BCUT2D eigenvalue weighted by atomic mass is 10.1. The Hall–Kier alpha value is -2.79. The molecule has 0 spiro atoms. The van der Waals surface area contributed by atoms with Crippen LogP contribution in [0.2, 0.25) is 0 Å². The van der Waals surface area contributed by atoms with Crippen molar-refractivity contribution in [1.82, 2.24) is 0 Å². The number of rotatable bonds is 9. The molecule has 0 aliphatic heterocycles. The number of ether oxygens (including phenoxy) is 1. The second-order valence-electron chi connectivity index (χ2n) is 5.36. The van der Waals surface area contributed by atoms with Gasteiger partial charge in [0.05, 0.1) is 18.8 Å². The minimum absolute atomic E-state index is 0.141. The summed E-state index contributed by atoms with van der Waals surface area (Å²) in [5, 5.41) is 10.1. The largest absolute Gasteiger partial charge is 0.469 e. The lowest BCUT2D eigenvalue weighted by molar-refractivity contribution is -0.142. The summed E-state index contributed by atoms with van der Waals surface area (Å²) in [6.45, 7) is 1.51. The van der Waals surface area contributed by atoms with Crippen molar-refractivity contribution in [3.8, 4) is 0 Å². The molecule has 11 heteroatoms. The van der Waals surface area contributed by atoms with Crippen LogP contribution in [0.1, 0.15) is 13.3 Å². The van der Waals surface area contributed by atoms with Crippen LogP contribution in [-0.2, 0) is 33.9 Å². The van der Waals surface area contributed by atoms with E-state index < -0.39 is 45.2 Å². The van der Waals surface area contributed by atoms with E-state index in [1.165, 1.54) is 19.1 Å². The molecule has 0 saturated carbocycles. The Morgan fingerprint density at radius 2 is 1.92 bits per heavy atom. The molecule has 0 radical (unpaired) electrons. The SMILES string of the molecule is COC(=O)CC(=O)Nc1ccc(N[C@@H](C=O)C(C)C=O)cc1S(N)(=O)=O. The number of carbonyl (C=O) groups is 4. The lowest BCUT2D eigenvalue weighted by Crippen LogP contribution is -2.30. The zero-order valence-electron chi connectivity index (χ0n) is 14.1. The van der Waals surface area contributed by atoms with E-state index in [0.29, 0.717) is 12.6 Å². The van der Waals surface area contributed by atoms with E-state index in [0.717, 1.165) is 13.2 Å². The number of anilines is 2. The van der Waals surface area contributed by atoms with E-state index in [1.807, 2.05) is 0 Å². The van der Waals surface area contributed by atoms with Gasteiger partial charge in [-0.15, -0.1) is 0 Å². The Morgan fingerprint density at radius 3 is 2.42 bits per heavy atom. The van der Waals surface area contributed by atoms with Gasteiger partial charge in [-0.05, 0) is 18.2 Å². The van der Waals surface area contributed by atoms with Crippen LogP contribution in [0.4, 0.5) is 11.4 Å². The Labute approximate surface area is 150 Å². The molecule has 1 aromatic carbocycles. The highest BCUT2D eigenvalue weighted by Gasteiger charge is 2.20. The summed E-state index contributed by atoms with van der Waals surface area (Å²) in [5.41, 5.74) is 0.0591. The van der Waals surface area contributed by atoms with Gasteiger partial charge >= 0.3 is 5.97 Å². The van der Waals surface area contributed by atoms with E-state index in [-0.39, 0.29) is 11.4 Å². The van der Waals surface area contributed by atoms with Gasteiger partial charge in [0.2, 0.25) is 15.9 Å². The van der Waals surface area contributed by atoms with Gasteiger partial charge in [0.25, 0.3) is 0 Å². The average Bonchev–Trinajstić information content (AvgIpc) is 2.58. The number of hydrogen-bond acceptors (Lipinski definition) is 8. The molecule has 142 valence electrons. The first-order chi connectivity index (χ1) is 12.1. The highest BCUT2D eigenvalue weighted by Crippen LogP contribution is 2.25. The predicted molar refractivity (Wildman–Crippen MR) is 91.8 cm³/mol. The Kier molecular flexibility index (Phi) is 7.41. The van der Waals surface area contributed by atoms with E-state index in [9.17, 15) is 27.6 Å². The minimum atomic E-state index is -4.23. The summed E-state index contributed by atoms with van der Waals surface area (Å²) in [7, 11) is -3.13. The number of esters is 1. The number of hydrogen-bond donors (Lipinski definition) is 3. The number of aldehydes is 2.